The Balaban J connectivity index is 3.09. The van der Waals surface area contributed by atoms with Crippen molar-refractivity contribution in [2.45, 2.75) is 38.9 Å². The number of hydrogen-bond donors (Lipinski definition) is 2. The molecular weight excluding hydrogens is 232 g/mol. The van der Waals surface area contributed by atoms with Crippen LogP contribution in [0.4, 0.5) is 0 Å². The summed E-state index contributed by atoms with van der Waals surface area (Å²) in [5.74, 6) is -0.789. The minimum absolute atomic E-state index is 0.0847. The third-order valence-corrected chi connectivity index (χ3v) is 3.10. The minimum Gasteiger partial charge on any atom is -0.464 e. The number of aryl methyl sites for hydroxylation is 1. The molecule has 18 heavy (non-hydrogen) atoms. The maximum absolute atomic E-state index is 11.8. The zero-order chi connectivity index (χ0) is 13.8. The summed E-state index contributed by atoms with van der Waals surface area (Å²) in [7, 11) is 0. The molecule has 0 aliphatic rings. The summed E-state index contributed by atoms with van der Waals surface area (Å²) in [5, 5.41) is 20.6. The normalized spacial score (nSPS) is 15.8. The lowest BCUT2D eigenvalue weighted by Gasteiger charge is -2.30. The van der Waals surface area contributed by atoms with E-state index in [4.69, 9.17) is 4.74 Å². The van der Waals surface area contributed by atoms with Crippen LogP contribution >= 0.6 is 0 Å². The van der Waals surface area contributed by atoms with Crippen molar-refractivity contribution in [2.75, 3.05) is 6.61 Å². The fourth-order valence-corrected chi connectivity index (χ4v) is 1.86. The third kappa shape index (κ3) is 2.71. The Hall–Kier alpha value is -1.39. The molecular formula is C14H20O4. The number of carbonyl (C=O) groups excluding carboxylic acids is 1. The molecule has 0 unspecified atom stereocenters. The molecule has 0 aromatic heterocycles. The molecule has 0 radical (unpaired) electrons. The van der Waals surface area contributed by atoms with Crippen LogP contribution in [0.2, 0.25) is 0 Å². The molecule has 0 saturated heterocycles. The molecule has 1 aromatic carbocycles. The molecule has 1 rings (SSSR count). The third-order valence-electron chi connectivity index (χ3n) is 3.10. The van der Waals surface area contributed by atoms with Crippen LogP contribution in [0.3, 0.4) is 0 Å². The number of aliphatic hydroxyl groups is 2. The summed E-state index contributed by atoms with van der Waals surface area (Å²) in [6, 6.07) is 7.10. The highest BCUT2D eigenvalue weighted by Gasteiger charge is 2.44. The van der Waals surface area contributed by atoms with Crippen LogP contribution in [0.15, 0.2) is 24.3 Å². The Bertz CT molecular complexity index is 416. The quantitative estimate of drug-likeness (QED) is 0.783. The van der Waals surface area contributed by atoms with Gasteiger partial charge in [-0.15, -0.1) is 0 Å². The Morgan fingerprint density at radius 1 is 1.39 bits per heavy atom. The molecule has 100 valence electrons. The summed E-state index contributed by atoms with van der Waals surface area (Å²) < 4.78 is 4.83. The molecule has 0 heterocycles. The number of rotatable bonds is 5. The van der Waals surface area contributed by atoms with Gasteiger partial charge in [-0.2, -0.15) is 0 Å². The highest BCUT2D eigenvalue weighted by atomic mass is 16.6. The predicted molar refractivity (Wildman–Crippen MR) is 68.0 cm³/mol. The van der Waals surface area contributed by atoms with E-state index in [1.165, 1.54) is 0 Å². The van der Waals surface area contributed by atoms with Gasteiger partial charge in [-0.3, -0.25) is 0 Å². The standard InChI is InChI=1S/C14H20O4/c1-4-14(17,13(16)18-5-2)12(15)11-9-7-6-8-10(11)3/h6-9,12,15,17H,4-5H2,1-3H3/t12-,14+/m1/s1. The van der Waals surface area contributed by atoms with Crippen molar-refractivity contribution in [1.29, 1.82) is 0 Å². The largest absolute Gasteiger partial charge is 0.464 e. The van der Waals surface area contributed by atoms with Gasteiger partial charge in [-0.1, -0.05) is 31.2 Å². The number of hydrogen-bond acceptors (Lipinski definition) is 4. The van der Waals surface area contributed by atoms with Crippen molar-refractivity contribution in [3.63, 3.8) is 0 Å². The van der Waals surface area contributed by atoms with Gasteiger partial charge in [-0.05, 0) is 31.4 Å². The van der Waals surface area contributed by atoms with Gasteiger partial charge in [0.2, 0.25) is 0 Å². The van der Waals surface area contributed by atoms with E-state index in [9.17, 15) is 15.0 Å². The minimum atomic E-state index is -1.90. The molecule has 0 amide bonds. The van der Waals surface area contributed by atoms with E-state index in [-0.39, 0.29) is 13.0 Å². The van der Waals surface area contributed by atoms with Gasteiger partial charge in [0.15, 0.2) is 5.60 Å². The molecule has 4 heteroatoms. The Morgan fingerprint density at radius 3 is 2.50 bits per heavy atom. The van der Waals surface area contributed by atoms with Crippen LogP contribution in [0.25, 0.3) is 0 Å². The SMILES string of the molecule is CCOC(=O)[C@](O)(CC)[C@H](O)c1ccccc1C. The smallest absolute Gasteiger partial charge is 0.341 e. The van der Waals surface area contributed by atoms with E-state index < -0.39 is 17.7 Å². The lowest BCUT2D eigenvalue weighted by Crippen LogP contribution is -2.45. The first-order chi connectivity index (χ1) is 8.47. The molecule has 0 aliphatic heterocycles. The molecule has 0 bridgehead atoms. The van der Waals surface area contributed by atoms with Crippen molar-refractivity contribution in [3.05, 3.63) is 35.4 Å². The second kappa shape index (κ2) is 5.98. The first kappa shape index (κ1) is 14.7. The molecule has 0 spiro atoms. The zero-order valence-corrected chi connectivity index (χ0v) is 11.0. The van der Waals surface area contributed by atoms with Crippen LogP contribution < -0.4 is 0 Å². The van der Waals surface area contributed by atoms with Crippen molar-refractivity contribution >= 4 is 5.97 Å². The highest BCUT2D eigenvalue weighted by Crippen LogP contribution is 2.31. The maximum atomic E-state index is 11.8. The lowest BCUT2D eigenvalue weighted by molar-refractivity contribution is -0.179. The Labute approximate surface area is 107 Å². The summed E-state index contributed by atoms with van der Waals surface area (Å²) in [6.45, 7) is 5.29. The molecule has 0 aliphatic carbocycles. The maximum Gasteiger partial charge on any atom is 0.341 e. The second-order valence-corrected chi connectivity index (χ2v) is 4.26. The molecule has 2 atom stereocenters. The van der Waals surface area contributed by atoms with Crippen molar-refractivity contribution < 1.29 is 19.7 Å². The van der Waals surface area contributed by atoms with Gasteiger partial charge in [0, 0.05) is 0 Å². The topological polar surface area (TPSA) is 66.8 Å². The number of aliphatic hydroxyl groups excluding tert-OH is 1. The van der Waals surface area contributed by atoms with Crippen LogP contribution in [-0.2, 0) is 9.53 Å². The molecule has 1 aromatic rings. The molecule has 2 N–H and O–H groups in total. The van der Waals surface area contributed by atoms with Gasteiger partial charge in [0.25, 0.3) is 0 Å². The lowest BCUT2D eigenvalue weighted by atomic mass is 9.87. The van der Waals surface area contributed by atoms with Gasteiger partial charge in [0.1, 0.15) is 6.10 Å². The Morgan fingerprint density at radius 2 is 2.00 bits per heavy atom. The summed E-state index contributed by atoms with van der Waals surface area (Å²) in [6.07, 6.45) is -1.20. The Kier molecular flexibility index (Phi) is 4.87. The number of ether oxygens (including phenoxy) is 1. The first-order valence-electron chi connectivity index (χ1n) is 6.10. The number of esters is 1. The summed E-state index contributed by atoms with van der Waals surface area (Å²) in [5.41, 5.74) is -0.543. The van der Waals surface area contributed by atoms with Gasteiger partial charge in [-0.25, -0.2) is 4.79 Å². The zero-order valence-electron chi connectivity index (χ0n) is 11.0. The monoisotopic (exact) mass is 252 g/mol. The van der Waals surface area contributed by atoms with Gasteiger partial charge < -0.3 is 14.9 Å². The van der Waals surface area contributed by atoms with Gasteiger partial charge in [0.05, 0.1) is 6.61 Å². The average molecular weight is 252 g/mol. The van der Waals surface area contributed by atoms with E-state index in [1.54, 1.807) is 26.0 Å². The van der Waals surface area contributed by atoms with Crippen LogP contribution in [0.1, 0.15) is 37.5 Å². The fourth-order valence-electron chi connectivity index (χ4n) is 1.86. The van der Waals surface area contributed by atoms with Crippen molar-refractivity contribution in [2.24, 2.45) is 0 Å². The van der Waals surface area contributed by atoms with Crippen LogP contribution in [0.5, 0.6) is 0 Å². The molecule has 0 fully saturated rings. The summed E-state index contributed by atoms with van der Waals surface area (Å²) >= 11 is 0. The van der Waals surface area contributed by atoms with Crippen molar-refractivity contribution in [3.8, 4) is 0 Å². The summed E-state index contributed by atoms with van der Waals surface area (Å²) in [4.78, 5) is 11.8. The highest BCUT2D eigenvalue weighted by molar-refractivity contribution is 5.80. The predicted octanol–water partition coefficient (Wildman–Crippen LogP) is 1.73. The van der Waals surface area contributed by atoms with E-state index in [2.05, 4.69) is 0 Å². The van der Waals surface area contributed by atoms with Crippen LogP contribution in [-0.4, -0.2) is 28.4 Å². The van der Waals surface area contributed by atoms with Gasteiger partial charge >= 0.3 is 5.97 Å². The molecule has 0 saturated carbocycles. The van der Waals surface area contributed by atoms with E-state index in [0.29, 0.717) is 5.56 Å². The van der Waals surface area contributed by atoms with E-state index in [1.807, 2.05) is 19.1 Å². The second-order valence-electron chi connectivity index (χ2n) is 4.26. The molecule has 4 nitrogen and oxygen atoms in total. The fraction of sp³-hybridized carbons (Fsp3) is 0.500. The van der Waals surface area contributed by atoms with Crippen LogP contribution in [0, 0.1) is 6.92 Å². The average Bonchev–Trinajstić information content (AvgIpc) is 2.37. The van der Waals surface area contributed by atoms with E-state index in [0.717, 1.165) is 5.56 Å². The van der Waals surface area contributed by atoms with E-state index >= 15 is 0 Å². The van der Waals surface area contributed by atoms with Crippen molar-refractivity contribution in [1.82, 2.24) is 0 Å². The first-order valence-corrected chi connectivity index (χ1v) is 6.10. The number of benzene rings is 1. The number of carbonyl (C=O) groups is 1.